The molecule has 0 bridgehead atoms. The number of benzene rings is 2. The fourth-order valence-electron chi connectivity index (χ4n) is 3.47. The van der Waals surface area contributed by atoms with Crippen molar-refractivity contribution in [1.82, 2.24) is 4.90 Å². The second-order valence-corrected chi connectivity index (χ2v) is 7.00. The molecule has 0 N–H and O–H groups in total. The minimum atomic E-state index is -0.393. The van der Waals surface area contributed by atoms with Gasteiger partial charge in [0.1, 0.15) is 5.82 Å². The second kappa shape index (κ2) is 9.56. The van der Waals surface area contributed by atoms with Crippen LogP contribution in [0.25, 0.3) is 5.57 Å². The van der Waals surface area contributed by atoms with Gasteiger partial charge >= 0.3 is 5.97 Å². The van der Waals surface area contributed by atoms with Crippen molar-refractivity contribution in [3.05, 3.63) is 65.0 Å². The highest BCUT2D eigenvalue weighted by Gasteiger charge is 2.25. The Balaban J connectivity index is 1.72. The van der Waals surface area contributed by atoms with Gasteiger partial charge in [-0.1, -0.05) is 24.3 Å². The average molecular weight is 399 g/mol. The van der Waals surface area contributed by atoms with Crippen molar-refractivity contribution in [2.45, 2.75) is 12.8 Å². The highest BCUT2D eigenvalue weighted by Crippen LogP contribution is 2.30. The molecule has 1 aliphatic heterocycles. The van der Waals surface area contributed by atoms with E-state index in [0.29, 0.717) is 42.0 Å². The molecule has 154 valence electrons. The van der Waals surface area contributed by atoms with Gasteiger partial charge in [-0.05, 0) is 42.8 Å². The summed E-state index contributed by atoms with van der Waals surface area (Å²) in [7, 11) is 5.11. The number of rotatable bonds is 7. The predicted molar refractivity (Wildman–Crippen MR) is 110 cm³/mol. The van der Waals surface area contributed by atoms with Crippen LogP contribution in [0, 0.1) is 5.82 Å². The summed E-state index contributed by atoms with van der Waals surface area (Å²) in [5.74, 6) is 0.575. The van der Waals surface area contributed by atoms with Crippen molar-refractivity contribution < 1.29 is 23.4 Å². The lowest BCUT2D eigenvalue weighted by molar-refractivity contribution is -0.139. The van der Waals surface area contributed by atoms with Gasteiger partial charge in [0.25, 0.3) is 0 Å². The zero-order valence-electron chi connectivity index (χ0n) is 17.0. The van der Waals surface area contributed by atoms with Gasteiger partial charge in [-0.15, -0.1) is 0 Å². The normalized spacial score (nSPS) is 14.6. The maximum Gasteiger partial charge on any atom is 0.335 e. The van der Waals surface area contributed by atoms with Crippen molar-refractivity contribution >= 4 is 11.5 Å². The molecule has 0 saturated heterocycles. The van der Waals surface area contributed by atoms with E-state index in [4.69, 9.17) is 14.2 Å². The largest absolute Gasteiger partial charge is 0.493 e. The van der Waals surface area contributed by atoms with Gasteiger partial charge in [-0.3, -0.25) is 0 Å². The molecule has 2 aromatic rings. The fraction of sp³-hybridized carbons (Fsp3) is 0.348. The first kappa shape index (κ1) is 20.9. The molecule has 5 nitrogen and oxygen atoms in total. The van der Waals surface area contributed by atoms with E-state index in [-0.39, 0.29) is 12.4 Å². The molecule has 0 amide bonds. The Morgan fingerprint density at radius 2 is 1.86 bits per heavy atom. The van der Waals surface area contributed by atoms with Crippen LogP contribution in [-0.2, 0) is 16.0 Å². The average Bonchev–Trinajstić information content (AvgIpc) is 2.74. The number of hydrogen-bond donors (Lipinski definition) is 0. The van der Waals surface area contributed by atoms with Crippen LogP contribution in [0.15, 0.2) is 48.0 Å². The molecule has 0 aromatic heterocycles. The Morgan fingerprint density at radius 3 is 2.59 bits per heavy atom. The van der Waals surface area contributed by atoms with Gasteiger partial charge in [0.2, 0.25) is 0 Å². The molecule has 2 aromatic carbocycles. The van der Waals surface area contributed by atoms with Crippen LogP contribution in [0.2, 0.25) is 0 Å². The molecule has 0 fully saturated rings. The Hall–Kier alpha value is -2.86. The van der Waals surface area contributed by atoms with Crippen molar-refractivity contribution in [2.75, 3.05) is 41.0 Å². The van der Waals surface area contributed by atoms with Gasteiger partial charge in [-0.25, -0.2) is 9.18 Å². The monoisotopic (exact) mass is 399 g/mol. The van der Waals surface area contributed by atoms with E-state index in [1.54, 1.807) is 32.4 Å². The van der Waals surface area contributed by atoms with Crippen LogP contribution in [0.3, 0.4) is 0 Å². The first-order valence-electron chi connectivity index (χ1n) is 9.57. The molecule has 0 unspecified atom stereocenters. The third kappa shape index (κ3) is 4.95. The Bertz CT molecular complexity index is 910. The fourth-order valence-corrected chi connectivity index (χ4v) is 3.47. The van der Waals surface area contributed by atoms with E-state index < -0.39 is 5.97 Å². The van der Waals surface area contributed by atoms with E-state index in [1.165, 1.54) is 6.07 Å². The first-order valence-corrected chi connectivity index (χ1v) is 9.57. The summed E-state index contributed by atoms with van der Waals surface area (Å²) >= 11 is 0. The summed E-state index contributed by atoms with van der Waals surface area (Å²) in [5, 5.41) is 0. The molecule has 29 heavy (non-hydrogen) atoms. The SMILES string of the molecule is COc1ccc(CCOC(=O)C2=C(c3ccccc3F)CCN(C)C2)cc1OC. The van der Waals surface area contributed by atoms with E-state index in [9.17, 15) is 9.18 Å². The van der Waals surface area contributed by atoms with Gasteiger partial charge < -0.3 is 19.1 Å². The van der Waals surface area contributed by atoms with Crippen molar-refractivity contribution in [3.8, 4) is 11.5 Å². The zero-order chi connectivity index (χ0) is 20.8. The minimum Gasteiger partial charge on any atom is -0.493 e. The van der Waals surface area contributed by atoms with Gasteiger partial charge in [0.05, 0.1) is 26.4 Å². The van der Waals surface area contributed by atoms with Crippen LogP contribution in [0.1, 0.15) is 17.5 Å². The van der Waals surface area contributed by atoms with Crippen molar-refractivity contribution in [1.29, 1.82) is 0 Å². The molecule has 3 rings (SSSR count). The number of nitrogens with zero attached hydrogens (tertiary/aromatic N) is 1. The number of methoxy groups -OCH3 is 2. The molecule has 0 radical (unpaired) electrons. The van der Waals surface area contributed by atoms with Crippen molar-refractivity contribution in [2.24, 2.45) is 0 Å². The summed E-state index contributed by atoms with van der Waals surface area (Å²) in [5.41, 5.74) is 2.71. The van der Waals surface area contributed by atoms with Gasteiger partial charge in [-0.2, -0.15) is 0 Å². The lowest BCUT2D eigenvalue weighted by Crippen LogP contribution is -2.31. The summed E-state index contributed by atoms with van der Waals surface area (Å²) in [6.45, 7) is 1.44. The van der Waals surface area contributed by atoms with Crippen LogP contribution in [0.5, 0.6) is 11.5 Å². The third-order valence-electron chi connectivity index (χ3n) is 5.05. The molecular formula is C23H26FNO4. The molecule has 0 atom stereocenters. The maximum atomic E-state index is 14.3. The third-order valence-corrected chi connectivity index (χ3v) is 5.05. The van der Waals surface area contributed by atoms with Crippen LogP contribution < -0.4 is 9.47 Å². The number of carbonyl (C=O) groups is 1. The Kier molecular flexibility index (Phi) is 6.88. The van der Waals surface area contributed by atoms with Crippen LogP contribution in [-0.4, -0.2) is 51.8 Å². The minimum absolute atomic E-state index is 0.228. The predicted octanol–water partition coefficient (Wildman–Crippen LogP) is 3.72. The van der Waals surface area contributed by atoms with E-state index in [2.05, 4.69) is 0 Å². The second-order valence-electron chi connectivity index (χ2n) is 7.00. The lowest BCUT2D eigenvalue weighted by atomic mass is 9.93. The van der Waals surface area contributed by atoms with Crippen LogP contribution >= 0.6 is 0 Å². The van der Waals surface area contributed by atoms with E-state index in [1.807, 2.05) is 30.1 Å². The topological polar surface area (TPSA) is 48.0 Å². The molecule has 1 heterocycles. The summed E-state index contributed by atoms with van der Waals surface area (Å²) < 4.78 is 30.4. The van der Waals surface area contributed by atoms with E-state index in [0.717, 1.165) is 17.7 Å². The number of ether oxygens (including phenoxy) is 3. The smallest absolute Gasteiger partial charge is 0.335 e. The number of hydrogen-bond acceptors (Lipinski definition) is 5. The summed E-state index contributed by atoms with van der Waals surface area (Å²) in [4.78, 5) is 14.8. The highest BCUT2D eigenvalue weighted by atomic mass is 19.1. The molecule has 1 aliphatic rings. The van der Waals surface area contributed by atoms with Gasteiger partial charge in [0.15, 0.2) is 11.5 Å². The number of esters is 1. The van der Waals surface area contributed by atoms with E-state index >= 15 is 0 Å². The first-order chi connectivity index (χ1) is 14.0. The van der Waals surface area contributed by atoms with Crippen LogP contribution in [0.4, 0.5) is 4.39 Å². The number of carbonyl (C=O) groups excluding carboxylic acids is 1. The maximum absolute atomic E-state index is 14.3. The molecule has 0 saturated carbocycles. The molecule has 0 aliphatic carbocycles. The Morgan fingerprint density at radius 1 is 1.10 bits per heavy atom. The summed E-state index contributed by atoms with van der Waals surface area (Å²) in [6.07, 6.45) is 1.15. The lowest BCUT2D eigenvalue weighted by Gasteiger charge is -2.27. The molecule has 0 spiro atoms. The summed E-state index contributed by atoms with van der Waals surface area (Å²) in [6, 6.07) is 12.2. The van der Waals surface area contributed by atoms with Crippen molar-refractivity contribution in [3.63, 3.8) is 0 Å². The quantitative estimate of drug-likeness (QED) is 0.664. The zero-order valence-corrected chi connectivity index (χ0v) is 17.0. The Labute approximate surface area is 170 Å². The highest BCUT2D eigenvalue weighted by molar-refractivity contribution is 5.98. The van der Waals surface area contributed by atoms with Gasteiger partial charge in [0, 0.05) is 25.1 Å². The number of halogens is 1. The molecule has 6 heteroatoms. The molecular weight excluding hydrogens is 373 g/mol. The number of likely N-dealkylation sites (N-methyl/N-ethyl adjacent to an activating group) is 1. The standard InChI is InChI=1S/C23H26FNO4/c1-25-12-10-17(18-6-4-5-7-20(18)24)19(15-25)23(26)29-13-11-16-8-9-21(27-2)22(14-16)28-3/h4-9,14H,10-13,15H2,1-3H3.